The Hall–Kier alpha value is -3.21. The number of aromatic carboxylic acids is 1. The number of rotatable bonds is 6. The third kappa shape index (κ3) is 3.48. The maximum absolute atomic E-state index is 11.5. The molecule has 28 heavy (non-hydrogen) atoms. The van der Waals surface area contributed by atoms with Crippen LogP contribution in [-0.4, -0.2) is 40.2 Å². The summed E-state index contributed by atoms with van der Waals surface area (Å²) in [6, 6.07) is 15.4. The largest absolute Gasteiger partial charge is 0.478 e. The molecule has 2 aliphatic rings. The summed E-state index contributed by atoms with van der Waals surface area (Å²) in [6.07, 6.45) is 8.73. The van der Waals surface area contributed by atoms with E-state index in [2.05, 4.69) is 35.2 Å². The van der Waals surface area contributed by atoms with Crippen molar-refractivity contribution in [1.29, 1.82) is 0 Å². The van der Waals surface area contributed by atoms with Crippen molar-refractivity contribution in [2.45, 2.75) is 38.4 Å². The van der Waals surface area contributed by atoms with Gasteiger partial charge < -0.3 is 5.11 Å². The molecule has 2 aliphatic heterocycles. The summed E-state index contributed by atoms with van der Waals surface area (Å²) >= 11 is 0. The van der Waals surface area contributed by atoms with Gasteiger partial charge in [0.2, 0.25) is 0 Å². The number of hydrogen-bond acceptors (Lipinski definition) is 4. The molecule has 142 valence electrons. The van der Waals surface area contributed by atoms with Gasteiger partial charge in [0.1, 0.15) is 0 Å². The Kier molecular flexibility index (Phi) is 5.06. The molecule has 4 rings (SSSR count). The fourth-order valence-corrected chi connectivity index (χ4v) is 3.86. The molecule has 0 aliphatic carbocycles. The Labute approximate surface area is 164 Å². The molecule has 0 aromatic heterocycles. The van der Waals surface area contributed by atoms with E-state index in [-0.39, 0.29) is 12.2 Å². The molecule has 5 heteroatoms. The van der Waals surface area contributed by atoms with Gasteiger partial charge in [0.15, 0.2) is 6.17 Å². The molecule has 2 unspecified atom stereocenters. The molecule has 5 nitrogen and oxygen atoms in total. The van der Waals surface area contributed by atoms with Crippen LogP contribution in [0.5, 0.6) is 0 Å². The minimum absolute atomic E-state index is 0.0123. The number of hydrazone groups is 1. The zero-order chi connectivity index (χ0) is 19.5. The van der Waals surface area contributed by atoms with E-state index in [9.17, 15) is 9.90 Å². The van der Waals surface area contributed by atoms with Gasteiger partial charge in [-0.2, -0.15) is 5.10 Å². The topological polar surface area (TPSA) is 65.3 Å². The van der Waals surface area contributed by atoms with E-state index < -0.39 is 5.97 Å². The van der Waals surface area contributed by atoms with Gasteiger partial charge in [-0.15, -0.1) is 0 Å². The van der Waals surface area contributed by atoms with E-state index in [1.807, 2.05) is 36.6 Å². The van der Waals surface area contributed by atoms with Crippen LogP contribution in [0.25, 0.3) is 11.1 Å². The Morgan fingerprint density at radius 1 is 1.14 bits per heavy atom. The summed E-state index contributed by atoms with van der Waals surface area (Å²) in [5.74, 6) is -0.909. The van der Waals surface area contributed by atoms with Crippen molar-refractivity contribution in [2.75, 3.05) is 0 Å². The zero-order valence-electron chi connectivity index (χ0n) is 15.8. The first-order chi connectivity index (χ1) is 13.7. The number of carbonyl (C=O) groups is 1. The number of hydrogen-bond donors (Lipinski definition) is 1. The molecule has 0 saturated heterocycles. The molecule has 2 aromatic carbocycles. The fraction of sp³-hybridized carbons (Fsp3) is 0.261. The number of allylic oxidation sites excluding steroid dienone is 1. The molecular formula is C23H23N3O2. The van der Waals surface area contributed by atoms with Gasteiger partial charge >= 0.3 is 5.97 Å². The smallest absolute Gasteiger partial charge is 0.336 e. The van der Waals surface area contributed by atoms with Crippen molar-refractivity contribution < 1.29 is 9.90 Å². The van der Waals surface area contributed by atoms with Crippen LogP contribution in [0.2, 0.25) is 0 Å². The Morgan fingerprint density at radius 3 is 2.68 bits per heavy atom. The predicted octanol–water partition coefficient (Wildman–Crippen LogP) is 4.40. The van der Waals surface area contributed by atoms with Crippen LogP contribution < -0.4 is 0 Å². The van der Waals surface area contributed by atoms with E-state index >= 15 is 0 Å². The highest BCUT2D eigenvalue weighted by molar-refractivity contribution is 5.96. The minimum Gasteiger partial charge on any atom is -0.478 e. The molecule has 2 heterocycles. The molecule has 0 radical (unpaired) electrons. The maximum atomic E-state index is 11.5. The molecule has 0 saturated carbocycles. The third-order valence-electron chi connectivity index (χ3n) is 5.20. The van der Waals surface area contributed by atoms with Crippen molar-refractivity contribution in [3.05, 3.63) is 71.8 Å². The molecule has 2 aromatic rings. The second-order valence-electron chi connectivity index (χ2n) is 7.08. The van der Waals surface area contributed by atoms with Gasteiger partial charge in [-0.05, 0) is 47.8 Å². The van der Waals surface area contributed by atoms with Crippen LogP contribution >= 0.6 is 0 Å². The van der Waals surface area contributed by atoms with E-state index in [1.54, 1.807) is 12.1 Å². The summed E-state index contributed by atoms with van der Waals surface area (Å²) < 4.78 is 0. The lowest BCUT2D eigenvalue weighted by atomic mass is 9.95. The van der Waals surface area contributed by atoms with Crippen molar-refractivity contribution in [3.8, 4) is 11.1 Å². The number of benzene rings is 2. The van der Waals surface area contributed by atoms with Crippen LogP contribution in [0.3, 0.4) is 0 Å². The highest BCUT2D eigenvalue weighted by Crippen LogP contribution is 2.28. The number of carboxylic acids is 1. The van der Waals surface area contributed by atoms with Gasteiger partial charge in [-0.3, -0.25) is 10.0 Å². The molecule has 0 bridgehead atoms. The molecular weight excluding hydrogens is 350 g/mol. The monoisotopic (exact) mass is 373 g/mol. The van der Waals surface area contributed by atoms with Crippen LogP contribution in [-0.2, 0) is 6.42 Å². The number of nitrogens with zero attached hydrogens (tertiary/aromatic N) is 3. The summed E-state index contributed by atoms with van der Waals surface area (Å²) in [4.78, 5) is 16.3. The first-order valence-corrected chi connectivity index (χ1v) is 9.64. The number of carboxylic acid groups (broad SMARTS) is 1. The van der Waals surface area contributed by atoms with Gasteiger partial charge in [0.05, 0.1) is 11.6 Å². The number of aliphatic imine (C=N–C) groups is 1. The standard InChI is InChI=1S/C23H23N3O2/c1-2-6-20-21(26-22(25-20)9-5-14-24-26)15-16-10-12-17(13-11-16)18-7-3-4-8-19(18)23(27)28/h3-5,7-14,21-22H,2,6,15H2,1H3,(H,27,28). The van der Waals surface area contributed by atoms with Crippen molar-refractivity contribution in [3.63, 3.8) is 0 Å². The first-order valence-electron chi connectivity index (χ1n) is 9.64. The van der Waals surface area contributed by atoms with Gasteiger partial charge in [-0.25, -0.2) is 4.79 Å². The van der Waals surface area contributed by atoms with Crippen molar-refractivity contribution in [1.82, 2.24) is 5.01 Å². The second kappa shape index (κ2) is 7.80. The van der Waals surface area contributed by atoms with Crippen molar-refractivity contribution in [2.24, 2.45) is 10.1 Å². The second-order valence-corrected chi connectivity index (χ2v) is 7.08. The third-order valence-corrected chi connectivity index (χ3v) is 5.20. The molecule has 0 spiro atoms. The highest BCUT2D eigenvalue weighted by atomic mass is 16.4. The lowest BCUT2D eigenvalue weighted by molar-refractivity contribution is 0.0697. The Morgan fingerprint density at radius 2 is 1.93 bits per heavy atom. The average molecular weight is 373 g/mol. The summed E-state index contributed by atoms with van der Waals surface area (Å²) in [7, 11) is 0. The van der Waals surface area contributed by atoms with Gasteiger partial charge in [0.25, 0.3) is 0 Å². The Balaban J connectivity index is 1.57. The molecule has 0 amide bonds. The van der Waals surface area contributed by atoms with E-state index in [0.717, 1.165) is 30.4 Å². The predicted molar refractivity (Wildman–Crippen MR) is 112 cm³/mol. The molecule has 2 atom stereocenters. The van der Waals surface area contributed by atoms with Gasteiger partial charge in [0, 0.05) is 11.9 Å². The fourth-order valence-electron chi connectivity index (χ4n) is 3.86. The average Bonchev–Trinajstić information content (AvgIpc) is 3.06. The highest BCUT2D eigenvalue weighted by Gasteiger charge is 2.34. The normalized spacial score (nSPS) is 20.2. The minimum atomic E-state index is -0.909. The summed E-state index contributed by atoms with van der Waals surface area (Å²) in [5.41, 5.74) is 4.36. The van der Waals surface area contributed by atoms with Crippen LogP contribution in [0.4, 0.5) is 0 Å². The quantitative estimate of drug-likeness (QED) is 0.816. The van der Waals surface area contributed by atoms with Crippen LogP contribution in [0.15, 0.2) is 70.8 Å². The van der Waals surface area contributed by atoms with Crippen LogP contribution in [0.1, 0.15) is 35.7 Å². The number of fused-ring (bicyclic) bond motifs is 1. The Bertz CT molecular complexity index is 960. The van der Waals surface area contributed by atoms with E-state index in [1.165, 1.54) is 11.3 Å². The summed E-state index contributed by atoms with van der Waals surface area (Å²) in [5, 5.41) is 16.0. The summed E-state index contributed by atoms with van der Waals surface area (Å²) in [6.45, 7) is 2.17. The molecule has 1 N–H and O–H groups in total. The van der Waals surface area contributed by atoms with E-state index in [0.29, 0.717) is 5.56 Å². The maximum Gasteiger partial charge on any atom is 0.336 e. The SMILES string of the molecule is CCCC1=NC2C=CC=NN2C1Cc1ccc(-c2ccccc2C(=O)O)cc1. The lowest BCUT2D eigenvalue weighted by Gasteiger charge is -2.27. The van der Waals surface area contributed by atoms with E-state index in [4.69, 9.17) is 4.99 Å². The first kappa shape index (κ1) is 18.2. The van der Waals surface area contributed by atoms with Crippen molar-refractivity contribution >= 4 is 17.9 Å². The van der Waals surface area contributed by atoms with Crippen LogP contribution in [0, 0.1) is 0 Å². The zero-order valence-corrected chi connectivity index (χ0v) is 15.8. The molecule has 0 fully saturated rings. The van der Waals surface area contributed by atoms with Gasteiger partial charge in [-0.1, -0.05) is 55.8 Å². The lowest BCUT2D eigenvalue weighted by Crippen LogP contribution is -2.38.